The van der Waals surface area contributed by atoms with E-state index < -0.39 is 34.0 Å². The molecule has 1 saturated heterocycles. The number of carbonyl (C=O) groups is 1. The molecular weight excluding hydrogens is 492 g/mol. The maximum absolute atomic E-state index is 12.9. The molecule has 0 aromatic heterocycles. The maximum Gasteiger partial charge on any atom is 0.573 e. The molecule has 174 valence electrons. The molecule has 12 heteroatoms. The van der Waals surface area contributed by atoms with Crippen LogP contribution in [-0.2, 0) is 20.6 Å². The molecule has 1 amide bonds. The summed E-state index contributed by atoms with van der Waals surface area (Å²) in [6.07, 6.45) is -3.86. The highest BCUT2D eigenvalue weighted by Crippen LogP contribution is 2.29. The summed E-state index contributed by atoms with van der Waals surface area (Å²) < 4.78 is 67.6. The number of nitrogens with zero attached hydrogens (tertiary/aromatic N) is 1. The maximum atomic E-state index is 12.9. The van der Waals surface area contributed by atoms with Crippen molar-refractivity contribution in [3.05, 3.63) is 58.1 Å². The highest BCUT2D eigenvalue weighted by Gasteiger charge is 2.33. The Bertz CT molecular complexity index is 1060. The number of amides is 1. The fourth-order valence-electron chi connectivity index (χ4n) is 3.34. The quantitative estimate of drug-likeness (QED) is 0.588. The van der Waals surface area contributed by atoms with Gasteiger partial charge in [0, 0.05) is 34.4 Å². The largest absolute Gasteiger partial charge is 0.573 e. The third kappa shape index (κ3) is 6.50. The Labute approximate surface area is 193 Å². The first kappa shape index (κ1) is 24.6. The normalized spacial score (nSPS) is 17.7. The van der Waals surface area contributed by atoms with Gasteiger partial charge in [-0.25, -0.2) is 12.7 Å². The van der Waals surface area contributed by atoms with Gasteiger partial charge in [0.25, 0.3) is 0 Å². The highest BCUT2D eigenvalue weighted by atomic mass is 35.5. The lowest BCUT2D eigenvalue weighted by Crippen LogP contribution is -2.44. The molecule has 32 heavy (non-hydrogen) atoms. The summed E-state index contributed by atoms with van der Waals surface area (Å²) in [6, 6.07) is 9.42. The van der Waals surface area contributed by atoms with Gasteiger partial charge >= 0.3 is 6.36 Å². The Kier molecular flexibility index (Phi) is 7.59. The lowest BCUT2D eigenvalue weighted by molar-refractivity contribution is -0.274. The molecule has 3 rings (SSSR count). The third-order valence-electron chi connectivity index (χ3n) is 4.89. The van der Waals surface area contributed by atoms with Crippen LogP contribution in [0.3, 0.4) is 0 Å². The van der Waals surface area contributed by atoms with Crippen LogP contribution in [-0.4, -0.2) is 38.1 Å². The van der Waals surface area contributed by atoms with Crippen LogP contribution in [0.4, 0.5) is 18.9 Å². The van der Waals surface area contributed by atoms with Gasteiger partial charge in [-0.15, -0.1) is 13.2 Å². The number of hydrogen-bond acceptors (Lipinski definition) is 4. The number of piperidine rings is 1. The van der Waals surface area contributed by atoms with Gasteiger partial charge in [-0.2, -0.15) is 0 Å². The average Bonchev–Trinajstić information content (AvgIpc) is 2.71. The third-order valence-corrected chi connectivity index (χ3v) is 7.37. The van der Waals surface area contributed by atoms with Crippen molar-refractivity contribution in [2.24, 2.45) is 5.92 Å². The van der Waals surface area contributed by atoms with Crippen molar-refractivity contribution in [3.63, 3.8) is 0 Å². The van der Waals surface area contributed by atoms with Crippen molar-refractivity contribution < 1.29 is 31.1 Å². The van der Waals surface area contributed by atoms with Crippen LogP contribution in [0.2, 0.25) is 10.0 Å². The number of halogens is 5. The lowest BCUT2D eigenvalue weighted by Gasteiger charge is -2.31. The average molecular weight is 511 g/mol. The molecule has 1 aliphatic heterocycles. The van der Waals surface area contributed by atoms with Crippen LogP contribution in [0.15, 0.2) is 42.5 Å². The molecule has 1 aliphatic rings. The lowest BCUT2D eigenvalue weighted by atomic mass is 9.99. The monoisotopic (exact) mass is 510 g/mol. The number of anilines is 1. The van der Waals surface area contributed by atoms with Gasteiger partial charge in [-0.3, -0.25) is 4.79 Å². The number of ether oxygens (including phenoxy) is 1. The number of alkyl halides is 3. The first-order valence-corrected chi connectivity index (χ1v) is 11.9. The van der Waals surface area contributed by atoms with E-state index in [4.69, 9.17) is 23.2 Å². The van der Waals surface area contributed by atoms with Crippen molar-refractivity contribution in [2.45, 2.75) is 25.0 Å². The second-order valence-corrected chi connectivity index (χ2v) is 10.00. The molecule has 6 nitrogen and oxygen atoms in total. The van der Waals surface area contributed by atoms with Gasteiger partial charge in [0.2, 0.25) is 15.9 Å². The number of carbonyl (C=O) groups excluding carboxylic acids is 1. The summed E-state index contributed by atoms with van der Waals surface area (Å²) >= 11 is 12.2. The van der Waals surface area contributed by atoms with E-state index in [2.05, 4.69) is 10.1 Å². The Morgan fingerprint density at radius 2 is 1.75 bits per heavy atom. The molecule has 1 N–H and O–H groups in total. The summed E-state index contributed by atoms with van der Waals surface area (Å²) in [7, 11) is -3.78. The molecule has 1 atom stereocenters. The second-order valence-electron chi connectivity index (χ2n) is 7.22. The van der Waals surface area contributed by atoms with Crippen LogP contribution in [0.1, 0.15) is 18.4 Å². The van der Waals surface area contributed by atoms with E-state index in [1.165, 1.54) is 16.4 Å². The van der Waals surface area contributed by atoms with Gasteiger partial charge in [-0.1, -0.05) is 29.3 Å². The predicted octanol–water partition coefficient (Wildman–Crippen LogP) is 5.07. The van der Waals surface area contributed by atoms with Gasteiger partial charge in [0.05, 0.1) is 11.7 Å². The van der Waals surface area contributed by atoms with Crippen LogP contribution in [0, 0.1) is 5.92 Å². The van der Waals surface area contributed by atoms with E-state index >= 15 is 0 Å². The first-order valence-electron chi connectivity index (χ1n) is 9.52. The van der Waals surface area contributed by atoms with Crippen LogP contribution < -0.4 is 10.1 Å². The van der Waals surface area contributed by atoms with E-state index in [0.29, 0.717) is 18.4 Å². The molecular formula is C20H19Cl2F3N2O4S. The van der Waals surface area contributed by atoms with Crippen molar-refractivity contribution in [3.8, 4) is 5.75 Å². The van der Waals surface area contributed by atoms with Crippen molar-refractivity contribution in [2.75, 3.05) is 18.4 Å². The van der Waals surface area contributed by atoms with E-state index in [9.17, 15) is 26.4 Å². The summed E-state index contributed by atoms with van der Waals surface area (Å²) in [5, 5.41) is 3.08. The molecule has 0 unspecified atom stereocenters. The van der Waals surface area contributed by atoms with E-state index in [-0.39, 0.29) is 34.6 Å². The predicted molar refractivity (Wildman–Crippen MR) is 115 cm³/mol. The molecule has 0 radical (unpaired) electrons. The smallest absolute Gasteiger partial charge is 0.406 e. The standard InChI is InChI=1S/C20H19Cl2F3N2O4S/c21-17-4-1-5-18(22)16(17)12-32(29,30)27-10-2-3-13(11-27)19(28)26-14-6-8-15(9-7-14)31-20(23,24)25/h1,4-9,13H,2-3,10-12H2,(H,26,28)/t13-/m1/s1. The Hall–Kier alpha value is -2.01. The molecule has 1 fully saturated rings. The fourth-order valence-corrected chi connectivity index (χ4v) is 5.70. The molecule has 2 aromatic carbocycles. The SMILES string of the molecule is O=C(Nc1ccc(OC(F)(F)F)cc1)[C@@H]1CCCN(S(=O)(=O)Cc2c(Cl)cccc2Cl)C1. The minimum absolute atomic E-state index is 0.0223. The van der Waals surface area contributed by atoms with Crippen molar-refractivity contribution in [1.29, 1.82) is 0 Å². The van der Waals surface area contributed by atoms with E-state index in [1.54, 1.807) is 18.2 Å². The highest BCUT2D eigenvalue weighted by molar-refractivity contribution is 7.88. The summed E-state index contributed by atoms with van der Waals surface area (Å²) in [6.45, 7) is 0.239. The zero-order valence-electron chi connectivity index (χ0n) is 16.5. The minimum Gasteiger partial charge on any atom is -0.406 e. The second kappa shape index (κ2) is 9.86. The Balaban J connectivity index is 1.64. The molecule has 2 aromatic rings. The van der Waals surface area contributed by atoms with Gasteiger partial charge in [0.15, 0.2) is 0 Å². The fraction of sp³-hybridized carbons (Fsp3) is 0.350. The van der Waals surface area contributed by atoms with Crippen LogP contribution in [0.25, 0.3) is 0 Å². The molecule has 0 saturated carbocycles. The number of benzene rings is 2. The Morgan fingerprint density at radius 1 is 1.12 bits per heavy atom. The van der Waals surface area contributed by atoms with E-state index in [1.807, 2.05) is 0 Å². The van der Waals surface area contributed by atoms with Gasteiger partial charge in [-0.05, 0) is 49.2 Å². The van der Waals surface area contributed by atoms with Gasteiger partial charge in [0.1, 0.15) is 5.75 Å². The zero-order valence-corrected chi connectivity index (χ0v) is 18.9. The molecule has 0 spiro atoms. The number of sulfonamides is 1. The molecule has 1 heterocycles. The molecule has 0 aliphatic carbocycles. The number of hydrogen-bond donors (Lipinski definition) is 1. The van der Waals surface area contributed by atoms with Crippen molar-refractivity contribution >= 4 is 44.8 Å². The van der Waals surface area contributed by atoms with Crippen LogP contribution in [0.5, 0.6) is 5.75 Å². The first-order chi connectivity index (χ1) is 14.9. The van der Waals surface area contributed by atoms with E-state index in [0.717, 1.165) is 12.1 Å². The summed E-state index contributed by atoms with van der Waals surface area (Å²) in [4.78, 5) is 12.6. The number of nitrogens with one attached hydrogen (secondary N) is 1. The minimum atomic E-state index is -4.81. The molecule has 0 bridgehead atoms. The summed E-state index contributed by atoms with van der Waals surface area (Å²) in [5.41, 5.74) is 0.566. The van der Waals surface area contributed by atoms with Crippen LogP contribution >= 0.6 is 23.2 Å². The summed E-state index contributed by atoms with van der Waals surface area (Å²) in [5.74, 6) is -1.85. The van der Waals surface area contributed by atoms with Gasteiger partial charge < -0.3 is 10.1 Å². The number of rotatable bonds is 6. The Morgan fingerprint density at radius 3 is 2.34 bits per heavy atom. The van der Waals surface area contributed by atoms with Crippen molar-refractivity contribution in [1.82, 2.24) is 4.31 Å². The topological polar surface area (TPSA) is 75.7 Å². The zero-order chi connectivity index (χ0) is 23.5.